The number of hydrogen-bond donors (Lipinski definition) is 1. The van der Waals surface area contributed by atoms with Crippen LogP contribution in [-0.4, -0.2) is 11.2 Å². The number of nitrogens with one attached hydrogen (secondary N) is 1. The monoisotopic (exact) mass is 265 g/mol. The van der Waals surface area contributed by atoms with Crippen molar-refractivity contribution in [2.24, 2.45) is 5.10 Å². The third-order valence-corrected chi connectivity index (χ3v) is 3.72. The molecule has 90 valence electrons. The minimum atomic E-state index is 0.0912. The molecule has 2 rings (SSSR count). The Kier molecular flexibility index (Phi) is 3.59. The largest absolute Gasteiger partial charge is 0.253 e. The second-order valence-electron chi connectivity index (χ2n) is 4.67. The van der Waals surface area contributed by atoms with Crippen molar-refractivity contribution >= 4 is 34.0 Å². The summed E-state index contributed by atoms with van der Waals surface area (Å²) in [5.41, 5.74) is 4.14. The highest BCUT2D eigenvalue weighted by atomic mass is 32.1. The lowest BCUT2D eigenvalue weighted by Gasteiger charge is -2.13. The molecule has 2 aromatic heterocycles. The zero-order valence-electron chi connectivity index (χ0n) is 10.1. The summed E-state index contributed by atoms with van der Waals surface area (Å²) >= 11 is 3.24. The van der Waals surface area contributed by atoms with E-state index >= 15 is 0 Å². The molecule has 0 radical (unpaired) electrons. The van der Waals surface area contributed by atoms with Gasteiger partial charge in [-0.3, -0.25) is 5.43 Å². The summed E-state index contributed by atoms with van der Waals surface area (Å²) in [5.74, 6) is 0. The predicted molar refractivity (Wildman–Crippen MR) is 76.3 cm³/mol. The van der Waals surface area contributed by atoms with E-state index in [0.29, 0.717) is 0 Å². The molecule has 0 amide bonds. The molecule has 0 aliphatic heterocycles. The lowest BCUT2D eigenvalue weighted by atomic mass is 9.93. The summed E-state index contributed by atoms with van der Waals surface area (Å²) in [6.07, 6.45) is 1.81. The van der Waals surface area contributed by atoms with Crippen molar-refractivity contribution < 1.29 is 0 Å². The van der Waals surface area contributed by atoms with Crippen LogP contribution in [0.2, 0.25) is 0 Å². The summed E-state index contributed by atoms with van der Waals surface area (Å²) in [6.45, 7) is 6.46. The van der Waals surface area contributed by atoms with E-state index in [4.69, 9.17) is 0 Å². The van der Waals surface area contributed by atoms with E-state index in [1.165, 1.54) is 0 Å². The van der Waals surface area contributed by atoms with Crippen molar-refractivity contribution in [3.05, 3.63) is 33.5 Å². The molecule has 0 fully saturated rings. The predicted octanol–water partition coefficient (Wildman–Crippen LogP) is 3.95. The molecule has 0 atom stereocenters. The fraction of sp³-hybridized carbons (Fsp3) is 0.333. The quantitative estimate of drug-likeness (QED) is 0.674. The molecule has 0 aromatic carbocycles. The van der Waals surface area contributed by atoms with Crippen LogP contribution in [-0.2, 0) is 5.41 Å². The van der Waals surface area contributed by atoms with Gasteiger partial charge in [0, 0.05) is 15.7 Å². The third kappa shape index (κ3) is 3.38. The smallest absolute Gasteiger partial charge is 0.203 e. The number of hydrogen-bond acceptors (Lipinski definition) is 5. The first kappa shape index (κ1) is 12.3. The molecule has 1 N–H and O–H groups in total. The molecule has 0 unspecified atom stereocenters. The maximum atomic E-state index is 4.50. The van der Waals surface area contributed by atoms with E-state index in [-0.39, 0.29) is 5.41 Å². The van der Waals surface area contributed by atoms with Crippen molar-refractivity contribution in [3.63, 3.8) is 0 Å². The number of thiazole rings is 1. The van der Waals surface area contributed by atoms with Gasteiger partial charge in [-0.2, -0.15) is 5.10 Å². The second kappa shape index (κ2) is 4.98. The van der Waals surface area contributed by atoms with Crippen LogP contribution >= 0.6 is 22.7 Å². The average Bonchev–Trinajstić information content (AvgIpc) is 2.86. The summed E-state index contributed by atoms with van der Waals surface area (Å²) < 4.78 is 0. The zero-order chi connectivity index (χ0) is 12.3. The van der Waals surface area contributed by atoms with Gasteiger partial charge >= 0.3 is 0 Å². The van der Waals surface area contributed by atoms with E-state index in [9.17, 15) is 0 Å². The molecule has 0 bridgehead atoms. The fourth-order valence-corrected chi connectivity index (χ4v) is 2.66. The molecule has 5 heteroatoms. The lowest BCUT2D eigenvalue weighted by molar-refractivity contribution is 0.573. The molecule has 17 heavy (non-hydrogen) atoms. The van der Waals surface area contributed by atoms with Gasteiger partial charge in [-0.15, -0.1) is 22.7 Å². The van der Waals surface area contributed by atoms with Crippen LogP contribution in [0.1, 0.15) is 31.3 Å². The van der Waals surface area contributed by atoms with Gasteiger partial charge in [-0.1, -0.05) is 26.8 Å². The van der Waals surface area contributed by atoms with Gasteiger partial charge in [0.15, 0.2) is 0 Å². The van der Waals surface area contributed by atoms with Crippen molar-refractivity contribution in [2.75, 3.05) is 5.43 Å². The van der Waals surface area contributed by atoms with Crippen LogP contribution in [0.4, 0.5) is 5.13 Å². The van der Waals surface area contributed by atoms with Crippen LogP contribution in [0.25, 0.3) is 0 Å². The fourth-order valence-electron chi connectivity index (χ4n) is 1.19. The minimum absolute atomic E-state index is 0.0912. The highest BCUT2D eigenvalue weighted by Crippen LogP contribution is 2.26. The summed E-state index contributed by atoms with van der Waals surface area (Å²) in [7, 11) is 0. The Morgan fingerprint density at radius 1 is 1.35 bits per heavy atom. The Bertz CT molecular complexity index is 492. The first-order valence-electron chi connectivity index (χ1n) is 5.34. The first-order chi connectivity index (χ1) is 8.05. The standard InChI is InChI=1S/C12H15N3S2/c1-12(2,3)10-8-17-11(14-10)15-13-7-9-5-4-6-16-9/h4-8H,1-3H3,(H,14,15). The van der Waals surface area contributed by atoms with Crippen LogP contribution in [0.3, 0.4) is 0 Å². The van der Waals surface area contributed by atoms with Crippen LogP contribution in [0, 0.1) is 0 Å². The van der Waals surface area contributed by atoms with Crippen molar-refractivity contribution in [2.45, 2.75) is 26.2 Å². The molecule has 2 aromatic rings. The number of hydrazone groups is 1. The maximum absolute atomic E-state index is 4.50. The number of rotatable bonds is 3. The van der Waals surface area contributed by atoms with Crippen molar-refractivity contribution in [3.8, 4) is 0 Å². The van der Waals surface area contributed by atoms with E-state index < -0.39 is 0 Å². The highest BCUT2D eigenvalue weighted by molar-refractivity contribution is 7.13. The minimum Gasteiger partial charge on any atom is -0.253 e. The lowest BCUT2D eigenvalue weighted by Crippen LogP contribution is -2.11. The van der Waals surface area contributed by atoms with E-state index in [1.54, 1.807) is 22.7 Å². The molecule has 2 heterocycles. The van der Waals surface area contributed by atoms with E-state index in [1.807, 2.05) is 23.7 Å². The maximum Gasteiger partial charge on any atom is 0.203 e. The molecule has 0 aliphatic rings. The molecule has 0 saturated carbocycles. The average molecular weight is 265 g/mol. The van der Waals surface area contributed by atoms with Crippen LogP contribution < -0.4 is 5.43 Å². The number of anilines is 1. The normalized spacial score (nSPS) is 12.2. The molecular weight excluding hydrogens is 250 g/mol. The van der Waals surface area contributed by atoms with Gasteiger partial charge in [-0.25, -0.2) is 4.98 Å². The Morgan fingerprint density at radius 2 is 2.18 bits per heavy atom. The zero-order valence-corrected chi connectivity index (χ0v) is 11.7. The first-order valence-corrected chi connectivity index (χ1v) is 7.10. The van der Waals surface area contributed by atoms with Crippen molar-refractivity contribution in [1.82, 2.24) is 4.98 Å². The Hall–Kier alpha value is -1.20. The second-order valence-corrected chi connectivity index (χ2v) is 6.51. The number of nitrogens with zero attached hydrogens (tertiary/aromatic N) is 2. The molecule has 0 saturated heterocycles. The summed E-state index contributed by atoms with van der Waals surface area (Å²) in [5, 5.41) is 9.10. The van der Waals surface area contributed by atoms with Gasteiger partial charge < -0.3 is 0 Å². The molecule has 3 nitrogen and oxygen atoms in total. The highest BCUT2D eigenvalue weighted by Gasteiger charge is 2.17. The van der Waals surface area contributed by atoms with Gasteiger partial charge in [0.25, 0.3) is 0 Å². The van der Waals surface area contributed by atoms with Crippen LogP contribution in [0.5, 0.6) is 0 Å². The Morgan fingerprint density at radius 3 is 2.76 bits per heavy atom. The topological polar surface area (TPSA) is 37.3 Å². The van der Waals surface area contributed by atoms with Crippen LogP contribution in [0.15, 0.2) is 28.0 Å². The number of thiophene rings is 1. The Balaban J connectivity index is 1.98. The third-order valence-electron chi connectivity index (χ3n) is 2.17. The van der Waals surface area contributed by atoms with Gasteiger partial charge in [0.1, 0.15) is 0 Å². The van der Waals surface area contributed by atoms with Gasteiger partial charge in [0.05, 0.1) is 11.9 Å². The SMILES string of the molecule is CC(C)(C)c1csc(NN=Cc2cccs2)n1. The summed E-state index contributed by atoms with van der Waals surface area (Å²) in [4.78, 5) is 5.63. The summed E-state index contributed by atoms with van der Waals surface area (Å²) in [6, 6.07) is 4.03. The van der Waals surface area contributed by atoms with E-state index in [2.05, 4.69) is 41.7 Å². The Labute approximate surface area is 109 Å². The van der Waals surface area contributed by atoms with E-state index in [0.717, 1.165) is 15.7 Å². The molecule has 0 aliphatic carbocycles. The molecular formula is C12H15N3S2. The molecule has 0 spiro atoms. The van der Waals surface area contributed by atoms with Crippen molar-refractivity contribution in [1.29, 1.82) is 0 Å². The van der Waals surface area contributed by atoms with Gasteiger partial charge in [-0.05, 0) is 11.4 Å². The number of aromatic nitrogens is 1. The van der Waals surface area contributed by atoms with Gasteiger partial charge in [0.2, 0.25) is 5.13 Å².